The largest absolute Gasteiger partial charge is 0.459 e. The highest BCUT2D eigenvalue weighted by molar-refractivity contribution is 9.10. The van der Waals surface area contributed by atoms with Gasteiger partial charge in [-0.1, -0.05) is 19.9 Å². The van der Waals surface area contributed by atoms with Gasteiger partial charge in [0.2, 0.25) is 0 Å². The standard InChI is InChI=1S/C13H17BrFNO2.C2H6/c1-13(2,3)18-12(17)11(16)7-8-4-5-9(14)10(15)6-8;1-2/h4-6,11H,7,16H2,1-3H3;1-2H3. The summed E-state index contributed by atoms with van der Waals surface area (Å²) in [5, 5.41) is 0. The highest BCUT2D eigenvalue weighted by Gasteiger charge is 2.22. The van der Waals surface area contributed by atoms with Crippen molar-refractivity contribution in [2.45, 2.75) is 52.7 Å². The van der Waals surface area contributed by atoms with E-state index in [2.05, 4.69) is 15.9 Å². The normalized spacial score (nSPS) is 12.2. The zero-order valence-corrected chi connectivity index (χ0v) is 14.3. The van der Waals surface area contributed by atoms with Crippen LogP contribution in [0.1, 0.15) is 40.2 Å². The first-order chi connectivity index (χ1) is 9.19. The van der Waals surface area contributed by atoms with Crippen LogP contribution in [0.3, 0.4) is 0 Å². The van der Waals surface area contributed by atoms with Crippen LogP contribution in [0.5, 0.6) is 0 Å². The second-order valence-electron chi connectivity index (χ2n) is 5.09. The number of hydrogen-bond acceptors (Lipinski definition) is 3. The molecule has 0 bridgehead atoms. The number of carbonyl (C=O) groups excluding carboxylic acids is 1. The Morgan fingerprint density at radius 3 is 2.40 bits per heavy atom. The Bertz CT molecular complexity index is 444. The molecular weight excluding hydrogens is 325 g/mol. The summed E-state index contributed by atoms with van der Waals surface area (Å²) >= 11 is 3.07. The molecule has 1 rings (SSSR count). The Morgan fingerprint density at radius 1 is 1.40 bits per heavy atom. The molecular formula is C15H23BrFNO2. The zero-order chi connectivity index (χ0) is 15.9. The third-order valence-electron chi connectivity index (χ3n) is 2.15. The lowest BCUT2D eigenvalue weighted by atomic mass is 10.1. The van der Waals surface area contributed by atoms with Crippen LogP contribution < -0.4 is 5.73 Å². The van der Waals surface area contributed by atoms with Gasteiger partial charge in [-0.3, -0.25) is 4.79 Å². The van der Waals surface area contributed by atoms with Gasteiger partial charge in [-0.05, 0) is 60.8 Å². The number of ether oxygens (including phenoxy) is 1. The molecule has 2 N–H and O–H groups in total. The van der Waals surface area contributed by atoms with Crippen LogP contribution >= 0.6 is 15.9 Å². The molecule has 114 valence electrons. The van der Waals surface area contributed by atoms with E-state index in [1.807, 2.05) is 13.8 Å². The summed E-state index contributed by atoms with van der Waals surface area (Å²) in [7, 11) is 0. The van der Waals surface area contributed by atoms with Gasteiger partial charge in [0.15, 0.2) is 0 Å². The van der Waals surface area contributed by atoms with Crippen molar-refractivity contribution >= 4 is 21.9 Å². The second-order valence-corrected chi connectivity index (χ2v) is 5.95. The van der Waals surface area contributed by atoms with E-state index in [-0.39, 0.29) is 12.2 Å². The number of rotatable bonds is 3. The first kappa shape index (κ1) is 19.1. The van der Waals surface area contributed by atoms with Crippen LogP contribution in [0.25, 0.3) is 0 Å². The fourth-order valence-corrected chi connectivity index (χ4v) is 1.63. The fourth-order valence-electron chi connectivity index (χ4n) is 1.38. The maximum atomic E-state index is 13.3. The highest BCUT2D eigenvalue weighted by Crippen LogP contribution is 2.17. The van der Waals surface area contributed by atoms with Crippen LogP contribution in [0.15, 0.2) is 22.7 Å². The van der Waals surface area contributed by atoms with Gasteiger partial charge in [0.05, 0.1) is 4.47 Å². The van der Waals surface area contributed by atoms with Gasteiger partial charge >= 0.3 is 5.97 Å². The molecule has 0 aliphatic rings. The lowest BCUT2D eigenvalue weighted by molar-refractivity contribution is -0.156. The number of benzene rings is 1. The van der Waals surface area contributed by atoms with Gasteiger partial charge < -0.3 is 10.5 Å². The van der Waals surface area contributed by atoms with Crippen molar-refractivity contribution in [3.8, 4) is 0 Å². The van der Waals surface area contributed by atoms with E-state index in [0.717, 1.165) is 0 Å². The molecule has 1 aromatic carbocycles. The molecule has 0 aliphatic heterocycles. The van der Waals surface area contributed by atoms with E-state index in [4.69, 9.17) is 10.5 Å². The van der Waals surface area contributed by atoms with Crippen LogP contribution in [0.2, 0.25) is 0 Å². The summed E-state index contributed by atoms with van der Waals surface area (Å²) in [5.74, 6) is -0.852. The van der Waals surface area contributed by atoms with E-state index < -0.39 is 17.6 Å². The monoisotopic (exact) mass is 347 g/mol. The molecule has 20 heavy (non-hydrogen) atoms. The molecule has 3 nitrogen and oxygen atoms in total. The number of hydrogen-bond donors (Lipinski definition) is 1. The molecule has 1 aromatic rings. The van der Waals surface area contributed by atoms with E-state index in [1.54, 1.807) is 32.9 Å². The molecule has 0 radical (unpaired) electrons. The fraction of sp³-hybridized carbons (Fsp3) is 0.533. The molecule has 0 aromatic heterocycles. The molecule has 5 heteroatoms. The SMILES string of the molecule is CC.CC(C)(C)OC(=O)C(N)Cc1ccc(Br)c(F)c1. The molecule has 1 atom stereocenters. The first-order valence-electron chi connectivity index (χ1n) is 6.61. The predicted molar refractivity (Wildman–Crippen MR) is 83.0 cm³/mol. The molecule has 0 fully saturated rings. The van der Waals surface area contributed by atoms with Crippen molar-refractivity contribution in [2.24, 2.45) is 5.73 Å². The summed E-state index contributed by atoms with van der Waals surface area (Å²) in [5.41, 5.74) is 5.83. The molecule has 0 saturated heterocycles. The maximum Gasteiger partial charge on any atom is 0.323 e. The van der Waals surface area contributed by atoms with Crippen LogP contribution in [0, 0.1) is 5.82 Å². The number of nitrogens with two attached hydrogens (primary N) is 1. The van der Waals surface area contributed by atoms with Crippen molar-refractivity contribution < 1.29 is 13.9 Å². The average Bonchev–Trinajstić information content (AvgIpc) is 2.34. The number of esters is 1. The van der Waals surface area contributed by atoms with Gasteiger partial charge in [0, 0.05) is 0 Å². The smallest absolute Gasteiger partial charge is 0.323 e. The molecule has 0 spiro atoms. The minimum atomic E-state index is -0.787. The lowest BCUT2D eigenvalue weighted by Crippen LogP contribution is -2.38. The second kappa shape index (κ2) is 8.37. The molecule has 0 amide bonds. The Hall–Kier alpha value is -0.940. The molecule has 0 aliphatic carbocycles. The van der Waals surface area contributed by atoms with E-state index in [1.165, 1.54) is 6.07 Å². The minimum absolute atomic E-state index is 0.249. The Kier molecular flexibility index (Phi) is 7.98. The van der Waals surface area contributed by atoms with Gasteiger partial charge in [0.25, 0.3) is 0 Å². The van der Waals surface area contributed by atoms with Crippen LogP contribution in [-0.2, 0) is 16.0 Å². The molecule has 0 heterocycles. The van der Waals surface area contributed by atoms with E-state index in [9.17, 15) is 9.18 Å². The van der Waals surface area contributed by atoms with Crippen molar-refractivity contribution in [3.05, 3.63) is 34.1 Å². The quantitative estimate of drug-likeness (QED) is 0.845. The highest BCUT2D eigenvalue weighted by atomic mass is 79.9. The van der Waals surface area contributed by atoms with Gasteiger partial charge in [-0.15, -0.1) is 0 Å². The number of carbonyl (C=O) groups is 1. The summed E-state index contributed by atoms with van der Waals surface area (Å²) in [6, 6.07) is 3.88. The average molecular weight is 348 g/mol. The van der Waals surface area contributed by atoms with E-state index in [0.29, 0.717) is 10.0 Å². The first-order valence-corrected chi connectivity index (χ1v) is 7.41. The minimum Gasteiger partial charge on any atom is -0.459 e. The topological polar surface area (TPSA) is 52.3 Å². The summed E-state index contributed by atoms with van der Waals surface area (Å²) < 4.78 is 18.8. The third-order valence-corrected chi connectivity index (χ3v) is 2.79. The van der Waals surface area contributed by atoms with Crippen molar-refractivity contribution in [2.75, 3.05) is 0 Å². The van der Waals surface area contributed by atoms with Crippen molar-refractivity contribution in [3.63, 3.8) is 0 Å². The summed E-state index contributed by atoms with van der Waals surface area (Å²) in [4.78, 5) is 11.7. The Labute approximate surface area is 128 Å². The zero-order valence-electron chi connectivity index (χ0n) is 12.7. The van der Waals surface area contributed by atoms with Gasteiger partial charge in [-0.2, -0.15) is 0 Å². The molecule has 0 saturated carbocycles. The maximum absolute atomic E-state index is 13.3. The third kappa shape index (κ3) is 7.01. The molecule has 1 unspecified atom stereocenters. The summed E-state index contributed by atoms with van der Waals surface area (Å²) in [6.45, 7) is 9.32. The van der Waals surface area contributed by atoms with Crippen LogP contribution in [0.4, 0.5) is 4.39 Å². The Morgan fingerprint density at radius 2 is 1.95 bits per heavy atom. The van der Waals surface area contributed by atoms with Gasteiger partial charge in [-0.25, -0.2) is 4.39 Å². The van der Waals surface area contributed by atoms with Crippen molar-refractivity contribution in [1.82, 2.24) is 0 Å². The van der Waals surface area contributed by atoms with Gasteiger partial charge in [0.1, 0.15) is 17.5 Å². The van der Waals surface area contributed by atoms with Crippen LogP contribution in [-0.4, -0.2) is 17.6 Å². The predicted octanol–water partition coefficient (Wildman–Crippen LogP) is 3.83. The summed E-state index contributed by atoms with van der Waals surface area (Å²) in [6.07, 6.45) is 0.249. The van der Waals surface area contributed by atoms with E-state index >= 15 is 0 Å². The Balaban J connectivity index is 0.00000172. The number of halogens is 2. The van der Waals surface area contributed by atoms with Crippen molar-refractivity contribution in [1.29, 1.82) is 0 Å². The lowest BCUT2D eigenvalue weighted by Gasteiger charge is -2.22.